The first kappa shape index (κ1) is 19.6. The van der Waals surface area contributed by atoms with Crippen LogP contribution in [0.5, 0.6) is 0 Å². The summed E-state index contributed by atoms with van der Waals surface area (Å²) >= 11 is 0. The number of aryl methyl sites for hydroxylation is 1. The minimum atomic E-state index is -3.50. The van der Waals surface area contributed by atoms with Gasteiger partial charge >= 0.3 is 0 Å². The SMILES string of the molecule is CCNc1ncc(C)c(Nc2cccc(S(=O)(=O)N3CCCCC3C)c2)n1. The highest BCUT2D eigenvalue weighted by atomic mass is 32.2. The predicted octanol–water partition coefficient (Wildman–Crippen LogP) is 3.52. The van der Waals surface area contributed by atoms with Crippen LogP contribution in [-0.2, 0) is 10.0 Å². The highest BCUT2D eigenvalue weighted by Gasteiger charge is 2.31. The van der Waals surface area contributed by atoms with E-state index in [2.05, 4.69) is 20.6 Å². The third-order valence-corrected chi connectivity index (χ3v) is 6.76. The lowest BCUT2D eigenvalue weighted by atomic mass is 10.1. The van der Waals surface area contributed by atoms with Gasteiger partial charge in [-0.25, -0.2) is 13.4 Å². The molecule has 0 bridgehead atoms. The van der Waals surface area contributed by atoms with Crippen molar-refractivity contribution in [2.75, 3.05) is 23.7 Å². The van der Waals surface area contributed by atoms with Crippen LogP contribution in [0.3, 0.4) is 0 Å². The van der Waals surface area contributed by atoms with Gasteiger partial charge < -0.3 is 10.6 Å². The van der Waals surface area contributed by atoms with Crippen molar-refractivity contribution in [2.24, 2.45) is 0 Å². The Morgan fingerprint density at radius 2 is 2.11 bits per heavy atom. The molecule has 146 valence electrons. The lowest BCUT2D eigenvalue weighted by Crippen LogP contribution is -2.41. The fourth-order valence-corrected chi connectivity index (χ4v) is 4.99. The van der Waals surface area contributed by atoms with Crippen molar-refractivity contribution in [2.45, 2.75) is 51.0 Å². The first-order valence-corrected chi connectivity index (χ1v) is 10.8. The Morgan fingerprint density at radius 1 is 1.30 bits per heavy atom. The second-order valence-electron chi connectivity index (χ2n) is 6.87. The van der Waals surface area contributed by atoms with Crippen LogP contribution in [0.2, 0.25) is 0 Å². The Kier molecular flexibility index (Phi) is 5.96. The molecule has 1 aromatic carbocycles. The van der Waals surface area contributed by atoms with Crippen molar-refractivity contribution < 1.29 is 8.42 Å². The number of aromatic nitrogens is 2. The Morgan fingerprint density at radius 3 is 2.85 bits per heavy atom. The predicted molar refractivity (Wildman–Crippen MR) is 108 cm³/mol. The highest BCUT2D eigenvalue weighted by Crippen LogP contribution is 2.27. The molecule has 7 nitrogen and oxygen atoms in total. The number of hydrogen-bond donors (Lipinski definition) is 2. The van der Waals surface area contributed by atoms with E-state index in [-0.39, 0.29) is 6.04 Å². The van der Waals surface area contributed by atoms with E-state index >= 15 is 0 Å². The number of rotatable bonds is 6. The lowest BCUT2D eigenvalue weighted by molar-refractivity contribution is 0.268. The zero-order chi connectivity index (χ0) is 19.4. The fourth-order valence-electron chi connectivity index (χ4n) is 3.25. The number of piperidine rings is 1. The average molecular weight is 390 g/mol. The van der Waals surface area contributed by atoms with Gasteiger partial charge in [-0.15, -0.1) is 0 Å². The van der Waals surface area contributed by atoms with Gasteiger partial charge in [0.25, 0.3) is 0 Å². The lowest BCUT2D eigenvalue weighted by Gasteiger charge is -2.32. The molecule has 1 fully saturated rings. The van der Waals surface area contributed by atoms with E-state index in [0.717, 1.165) is 31.4 Å². The van der Waals surface area contributed by atoms with Crippen molar-refractivity contribution in [3.63, 3.8) is 0 Å². The second kappa shape index (κ2) is 8.22. The summed E-state index contributed by atoms with van der Waals surface area (Å²) < 4.78 is 27.8. The van der Waals surface area contributed by atoms with E-state index in [9.17, 15) is 8.42 Å². The zero-order valence-electron chi connectivity index (χ0n) is 16.1. The molecule has 0 amide bonds. The van der Waals surface area contributed by atoms with E-state index in [1.165, 1.54) is 0 Å². The molecule has 2 N–H and O–H groups in total. The van der Waals surface area contributed by atoms with Gasteiger partial charge in [-0.2, -0.15) is 9.29 Å². The quantitative estimate of drug-likeness (QED) is 0.786. The smallest absolute Gasteiger partial charge is 0.243 e. The summed E-state index contributed by atoms with van der Waals surface area (Å²) in [5.41, 5.74) is 1.57. The maximum atomic E-state index is 13.1. The highest BCUT2D eigenvalue weighted by molar-refractivity contribution is 7.89. The standard InChI is InChI=1S/C19H27N5O2S/c1-4-20-19-21-13-14(2)18(23-19)22-16-9-7-10-17(12-16)27(25,26)24-11-6-5-8-15(24)3/h7,9-10,12-13,15H,4-6,8,11H2,1-3H3,(H2,20,21,22,23). The van der Waals surface area contributed by atoms with Crippen LogP contribution in [-0.4, -0.2) is 41.8 Å². The summed E-state index contributed by atoms with van der Waals surface area (Å²) in [4.78, 5) is 9.00. The van der Waals surface area contributed by atoms with Crippen LogP contribution in [0.4, 0.5) is 17.5 Å². The van der Waals surface area contributed by atoms with Crippen LogP contribution in [0, 0.1) is 6.92 Å². The summed E-state index contributed by atoms with van der Waals surface area (Å²) in [5, 5.41) is 6.30. The molecule has 2 aromatic rings. The molecule has 2 heterocycles. The van der Waals surface area contributed by atoms with E-state index in [4.69, 9.17) is 0 Å². The fraction of sp³-hybridized carbons (Fsp3) is 0.474. The normalized spacial score (nSPS) is 18.3. The largest absolute Gasteiger partial charge is 0.354 e. The number of hydrogen-bond acceptors (Lipinski definition) is 6. The molecule has 0 spiro atoms. The Hall–Kier alpha value is -2.19. The van der Waals surface area contributed by atoms with E-state index in [0.29, 0.717) is 28.9 Å². The van der Waals surface area contributed by atoms with Gasteiger partial charge in [0, 0.05) is 36.6 Å². The summed E-state index contributed by atoms with van der Waals surface area (Å²) in [6, 6.07) is 6.95. The molecule has 1 aliphatic rings. The third-order valence-electron chi connectivity index (χ3n) is 4.75. The summed E-state index contributed by atoms with van der Waals surface area (Å²) in [6.45, 7) is 7.17. The van der Waals surface area contributed by atoms with Gasteiger partial charge in [0.1, 0.15) is 5.82 Å². The molecule has 0 saturated carbocycles. The van der Waals surface area contributed by atoms with Crippen LogP contribution in [0.1, 0.15) is 38.7 Å². The molecule has 1 unspecified atom stereocenters. The Balaban J connectivity index is 1.87. The molecule has 1 saturated heterocycles. The maximum Gasteiger partial charge on any atom is 0.243 e. The first-order valence-electron chi connectivity index (χ1n) is 9.38. The van der Waals surface area contributed by atoms with E-state index < -0.39 is 10.0 Å². The monoisotopic (exact) mass is 389 g/mol. The summed E-state index contributed by atoms with van der Waals surface area (Å²) in [5.74, 6) is 1.19. The minimum absolute atomic E-state index is 0.0344. The van der Waals surface area contributed by atoms with Gasteiger partial charge in [-0.05, 0) is 51.8 Å². The second-order valence-corrected chi connectivity index (χ2v) is 8.76. The molecule has 1 aromatic heterocycles. The molecule has 8 heteroatoms. The maximum absolute atomic E-state index is 13.1. The third kappa shape index (κ3) is 4.39. The number of nitrogens with zero attached hydrogens (tertiary/aromatic N) is 3. The molecule has 1 atom stereocenters. The molecule has 0 radical (unpaired) electrons. The van der Waals surface area contributed by atoms with Crippen molar-refractivity contribution >= 4 is 27.5 Å². The van der Waals surface area contributed by atoms with Gasteiger partial charge in [0.2, 0.25) is 16.0 Å². The first-order chi connectivity index (χ1) is 12.9. The number of benzene rings is 1. The number of sulfonamides is 1. The van der Waals surface area contributed by atoms with Crippen molar-refractivity contribution in [3.8, 4) is 0 Å². The van der Waals surface area contributed by atoms with Crippen LogP contribution >= 0.6 is 0 Å². The zero-order valence-corrected chi connectivity index (χ0v) is 16.9. The van der Waals surface area contributed by atoms with Gasteiger partial charge in [0.05, 0.1) is 4.90 Å². The van der Waals surface area contributed by atoms with Crippen LogP contribution in [0.15, 0.2) is 35.4 Å². The van der Waals surface area contributed by atoms with Crippen molar-refractivity contribution in [1.29, 1.82) is 0 Å². The topological polar surface area (TPSA) is 87.2 Å². The van der Waals surface area contributed by atoms with Gasteiger partial charge in [0.15, 0.2) is 0 Å². The Labute approximate surface area is 161 Å². The van der Waals surface area contributed by atoms with Crippen LogP contribution in [0.25, 0.3) is 0 Å². The molecule has 0 aliphatic carbocycles. The van der Waals surface area contributed by atoms with E-state index in [1.54, 1.807) is 28.7 Å². The van der Waals surface area contributed by atoms with Crippen molar-refractivity contribution in [3.05, 3.63) is 36.0 Å². The van der Waals surface area contributed by atoms with Crippen molar-refractivity contribution in [1.82, 2.24) is 14.3 Å². The van der Waals surface area contributed by atoms with Gasteiger partial charge in [-0.1, -0.05) is 12.5 Å². The van der Waals surface area contributed by atoms with E-state index in [1.807, 2.05) is 26.8 Å². The molecular formula is C19H27N5O2S. The average Bonchev–Trinajstić information content (AvgIpc) is 2.65. The molecule has 27 heavy (non-hydrogen) atoms. The number of anilines is 3. The molecule has 3 rings (SSSR count). The Bertz CT molecular complexity index is 901. The molecular weight excluding hydrogens is 362 g/mol. The number of nitrogens with one attached hydrogen (secondary N) is 2. The van der Waals surface area contributed by atoms with Gasteiger partial charge in [-0.3, -0.25) is 0 Å². The van der Waals surface area contributed by atoms with Crippen LogP contribution < -0.4 is 10.6 Å². The molecule has 1 aliphatic heterocycles. The summed E-state index contributed by atoms with van der Waals surface area (Å²) in [6.07, 6.45) is 4.64. The summed E-state index contributed by atoms with van der Waals surface area (Å²) in [7, 11) is -3.50. The minimum Gasteiger partial charge on any atom is -0.354 e.